The van der Waals surface area contributed by atoms with Crippen molar-refractivity contribution in [2.75, 3.05) is 49.5 Å². The lowest BCUT2D eigenvalue weighted by molar-refractivity contribution is 0.271. The van der Waals surface area contributed by atoms with Crippen LogP contribution in [-0.4, -0.2) is 64.3 Å². The van der Waals surface area contributed by atoms with E-state index in [2.05, 4.69) is 44.1 Å². The molecule has 7 heteroatoms. The SMILES string of the molecule is CCCNc1nc(N2CCN(CC)CC2)c2cn[nH]c2n1. The number of fused-ring (bicyclic) bond motifs is 1. The van der Waals surface area contributed by atoms with Gasteiger partial charge in [-0.05, 0) is 13.0 Å². The van der Waals surface area contributed by atoms with Crippen molar-refractivity contribution in [3.63, 3.8) is 0 Å². The number of nitrogens with one attached hydrogen (secondary N) is 2. The van der Waals surface area contributed by atoms with Gasteiger partial charge in [0.25, 0.3) is 0 Å². The van der Waals surface area contributed by atoms with Crippen LogP contribution in [0, 0.1) is 0 Å². The number of aromatic amines is 1. The summed E-state index contributed by atoms with van der Waals surface area (Å²) in [6.07, 6.45) is 2.87. The zero-order valence-electron chi connectivity index (χ0n) is 12.8. The van der Waals surface area contributed by atoms with Crippen molar-refractivity contribution in [3.8, 4) is 0 Å². The number of H-pyrrole nitrogens is 1. The first-order valence-electron chi connectivity index (χ1n) is 7.74. The highest BCUT2D eigenvalue weighted by atomic mass is 15.3. The van der Waals surface area contributed by atoms with E-state index in [0.29, 0.717) is 5.95 Å². The van der Waals surface area contributed by atoms with Crippen molar-refractivity contribution >= 4 is 22.8 Å². The van der Waals surface area contributed by atoms with Crippen LogP contribution < -0.4 is 10.2 Å². The summed E-state index contributed by atoms with van der Waals surface area (Å²) in [6, 6.07) is 0. The summed E-state index contributed by atoms with van der Waals surface area (Å²) >= 11 is 0. The van der Waals surface area contributed by atoms with E-state index in [1.807, 2.05) is 6.20 Å². The molecule has 0 spiro atoms. The molecule has 0 saturated carbocycles. The van der Waals surface area contributed by atoms with E-state index < -0.39 is 0 Å². The Morgan fingerprint density at radius 2 is 2.00 bits per heavy atom. The highest BCUT2D eigenvalue weighted by Gasteiger charge is 2.20. The summed E-state index contributed by atoms with van der Waals surface area (Å²) in [5.41, 5.74) is 0.802. The van der Waals surface area contributed by atoms with Gasteiger partial charge in [-0.3, -0.25) is 5.10 Å². The van der Waals surface area contributed by atoms with E-state index in [1.54, 1.807) is 0 Å². The molecule has 21 heavy (non-hydrogen) atoms. The molecule has 0 aromatic carbocycles. The maximum Gasteiger partial charge on any atom is 0.226 e. The van der Waals surface area contributed by atoms with Gasteiger partial charge in [0.2, 0.25) is 5.95 Å². The monoisotopic (exact) mass is 289 g/mol. The van der Waals surface area contributed by atoms with Gasteiger partial charge < -0.3 is 15.1 Å². The number of rotatable bonds is 5. The van der Waals surface area contributed by atoms with Crippen molar-refractivity contribution in [3.05, 3.63) is 6.20 Å². The summed E-state index contributed by atoms with van der Waals surface area (Å²) in [4.78, 5) is 14.0. The minimum absolute atomic E-state index is 0.682. The van der Waals surface area contributed by atoms with Crippen LogP contribution in [0.5, 0.6) is 0 Å². The van der Waals surface area contributed by atoms with Crippen LogP contribution >= 0.6 is 0 Å². The topological polar surface area (TPSA) is 73.0 Å². The molecule has 1 aliphatic rings. The molecule has 0 atom stereocenters. The van der Waals surface area contributed by atoms with E-state index in [1.165, 1.54) is 0 Å². The lowest BCUT2D eigenvalue weighted by Gasteiger charge is -2.35. The molecule has 1 fully saturated rings. The molecule has 2 N–H and O–H groups in total. The van der Waals surface area contributed by atoms with Gasteiger partial charge in [-0.15, -0.1) is 0 Å². The van der Waals surface area contributed by atoms with E-state index in [0.717, 1.165) is 62.5 Å². The van der Waals surface area contributed by atoms with Crippen molar-refractivity contribution in [1.82, 2.24) is 25.1 Å². The van der Waals surface area contributed by atoms with Crippen LogP contribution in [0.3, 0.4) is 0 Å². The fraction of sp³-hybridized carbons (Fsp3) is 0.643. The highest BCUT2D eigenvalue weighted by Crippen LogP contribution is 2.24. The molecule has 1 saturated heterocycles. The smallest absolute Gasteiger partial charge is 0.226 e. The zero-order chi connectivity index (χ0) is 14.7. The predicted octanol–water partition coefficient (Wildman–Crippen LogP) is 1.32. The first-order chi connectivity index (χ1) is 10.3. The normalized spacial score (nSPS) is 16.6. The second-order valence-electron chi connectivity index (χ2n) is 5.35. The van der Waals surface area contributed by atoms with Crippen LogP contribution in [0.25, 0.3) is 11.0 Å². The summed E-state index contributed by atoms with van der Waals surface area (Å²) in [6.45, 7) is 10.5. The molecule has 114 valence electrons. The Labute approximate surface area is 124 Å². The van der Waals surface area contributed by atoms with Gasteiger partial charge in [-0.2, -0.15) is 15.1 Å². The second kappa shape index (κ2) is 6.26. The molecule has 0 amide bonds. The third kappa shape index (κ3) is 2.92. The fourth-order valence-corrected chi connectivity index (χ4v) is 2.65. The van der Waals surface area contributed by atoms with Crippen molar-refractivity contribution in [1.29, 1.82) is 0 Å². The molecule has 0 aliphatic carbocycles. The largest absolute Gasteiger partial charge is 0.354 e. The lowest BCUT2D eigenvalue weighted by atomic mass is 10.3. The van der Waals surface area contributed by atoms with Gasteiger partial charge in [0, 0.05) is 32.7 Å². The maximum absolute atomic E-state index is 4.71. The first kappa shape index (κ1) is 14.1. The Kier molecular flexibility index (Phi) is 4.19. The van der Waals surface area contributed by atoms with Crippen molar-refractivity contribution in [2.24, 2.45) is 0 Å². The van der Waals surface area contributed by atoms with Gasteiger partial charge in [0.05, 0.1) is 11.6 Å². The average Bonchev–Trinajstić information content (AvgIpc) is 3.00. The highest BCUT2D eigenvalue weighted by molar-refractivity contribution is 5.87. The van der Waals surface area contributed by atoms with E-state index in [9.17, 15) is 0 Å². The summed E-state index contributed by atoms with van der Waals surface area (Å²) in [7, 11) is 0. The van der Waals surface area contributed by atoms with Gasteiger partial charge in [-0.1, -0.05) is 13.8 Å². The van der Waals surface area contributed by atoms with Gasteiger partial charge in [0.1, 0.15) is 5.82 Å². The van der Waals surface area contributed by atoms with E-state index in [-0.39, 0.29) is 0 Å². The third-order valence-corrected chi connectivity index (χ3v) is 3.94. The van der Waals surface area contributed by atoms with Gasteiger partial charge in [-0.25, -0.2) is 0 Å². The Hall–Kier alpha value is -1.89. The number of likely N-dealkylation sites (N-methyl/N-ethyl adjacent to an activating group) is 1. The molecule has 0 radical (unpaired) electrons. The molecular weight excluding hydrogens is 266 g/mol. The summed E-state index contributed by atoms with van der Waals surface area (Å²) in [5.74, 6) is 1.67. The Balaban J connectivity index is 1.87. The van der Waals surface area contributed by atoms with Gasteiger partial charge in [0.15, 0.2) is 5.65 Å². The third-order valence-electron chi connectivity index (χ3n) is 3.94. The van der Waals surface area contributed by atoms with Gasteiger partial charge >= 0.3 is 0 Å². The molecular formula is C14H23N7. The molecule has 3 rings (SSSR count). The van der Waals surface area contributed by atoms with Crippen LogP contribution in [0.2, 0.25) is 0 Å². The number of hydrogen-bond donors (Lipinski definition) is 2. The molecule has 2 aromatic rings. The Bertz CT molecular complexity index is 586. The van der Waals surface area contributed by atoms with Crippen LogP contribution in [-0.2, 0) is 0 Å². The number of hydrogen-bond acceptors (Lipinski definition) is 6. The van der Waals surface area contributed by atoms with E-state index in [4.69, 9.17) is 4.98 Å². The standard InChI is InChI=1S/C14H23N7/c1-3-5-15-14-17-12-11(10-16-19-12)13(18-14)21-8-6-20(4-2)7-9-21/h10H,3-9H2,1-2H3,(H2,15,16,17,18,19). The molecule has 0 unspecified atom stereocenters. The van der Waals surface area contributed by atoms with Crippen LogP contribution in [0.15, 0.2) is 6.20 Å². The molecule has 1 aliphatic heterocycles. The number of piperazine rings is 1. The summed E-state index contributed by atoms with van der Waals surface area (Å²) in [5, 5.41) is 11.3. The second-order valence-corrected chi connectivity index (χ2v) is 5.35. The van der Waals surface area contributed by atoms with Crippen molar-refractivity contribution < 1.29 is 0 Å². The number of nitrogens with zero attached hydrogens (tertiary/aromatic N) is 5. The molecule has 7 nitrogen and oxygen atoms in total. The van der Waals surface area contributed by atoms with E-state index >= 15 is 0 Å². The number of anilines is 2. The van der Waals surface area contributed by atoms with Crippen LogP contribution in [0.4, 0.5) is 11.8 Å². The quantitative estimate of drug-likeness (QED) is 0.865. The maximum atomic E-state index is 4.71. The minimum Gasteiger partial charge on any atom is -0.354 e. The zero-order valence-corrected chi connectivity index (χ0v) is 12.8. The Morgan fingerprint density at radius 1 is 1.19 bits per heavy atom. The Morgan fingerprint density at radius 3 is 2.71 bits per heavy atom. The van der Waals surface area contributed by atoms with Crippen molar-refractivity contribution in [2.45, 2.75) is 20.3 Å². The molecule has 3 heterocycles. The lowest BCUT2D eigenvalue weighted by Crippen LogP contribution is -2.46. The average molecular weight is 289 g/mol. The number of aromatic nitrogens is 4. The molecule has 0 bridgehead atoms. The minimum atomic E-state index is 0.682. The predicted molar refractivity (Wildman–Crippen MR) is 84.8 cm³/mol. The molecule has 2 aromatic heterocycles. The first-order valence-corrected chi connectivity index (χ1v) is 7.74. The summed E-state index contributed by atoms with van der Waals surface area (Å²) < 4.78 is 0. The van der Waals surface area contributed by atoms with Crippen LogP contribution in [0.1, 0.15) is 20.3 Å². The fourth-order valence-electron chi connectivity index (χ4n) is 2.65.